The zero-order valence-corrected chi connectivity index (χ0v) is 17.4. The topological polar surface area (TPSA) is 27.7 Å². The van der Waals surface area contributed by atoms with Crippen LogP contribution in [0.5, 0.6) is 5.75 Å². The molecule has 1 aliphatic heterocycles. The van der Waals surface area contributed by atoms with Crippen LogP contribution in [-0.2, 0) is 9.47 Å². The van der Waals surface area contributed by atoms with Gasteiger partial charge in [-0.2, -0.15) is 17.6 Å². The van der Waals surface area contributed by atoms with E-state index in [-0.39, 0.29) is 18.0 Å². The van der Waals surface area contributed by atoms with Crippen LogP contribution in [-0.4, -0.2) is 38.0 Å². The summed E-state index contributed by atoms with van der Waals surface area (Å²) in [4.78, 5) is 0. The summed E-state index contributed by atoms with van der Waals surface area (Å²) >= 11 is 0. The highest BCUT2D eigenvalue weighted by Crippen LogP contribution is 2.35. The molecule has 0 amide bonds. The van der Waals surface area contributed by atoms with Crippen LogP contribution in [0.15, 0.2) is 36.9 Å². The van der Waals surface area contributed by atoms with Crippen molar-refractivity contribution < 1.29 is 31.8 Å². The van der Waals surface area contributed by atoms with Crippen LogP contribution in [0.25, 0.3) is 0 Å². The minimum atomic E-state index is -5.06. The van der Waals surface area contributed by atoms with Crippen LogP contribution in [0.2, 0.25) is 0 Å². The largest absolute Gasteiger partial charge is 0.457 e. The van der Waals surface area contributed by atoms with Crippen LogP contribution >= 0.6 is 0 Å². The number of hydrogen-bond donors (Lipinski definition) is 0. The van der Waals surface area contributed by atoms with Crippen molar-refractivity contribution in [3.05, 3.63) is 42.5 Å². The van der Waals surface area contributed by atoms with Gasteiger partial charge in [0, 0.05) is 5.56 Å². The van der Waals surface area contributed by atoms with Crippen LogP contribution < -0.4 is 4.74 Å². The van der Waals surface area contributed by atoms with E-state index in [9.17, 15) is 17.6 Å². The van der Waals surface area contributed by atoms with E-state index in [4.69, 9.17) is 9.47 Å². The Bertz CT molecular complexity index is 750. The van der Waals surface area contributed by atoms with Crippen molar-refractivity contribution in [3.63, 3.8) is 0 Å². The predicted octanol–water partition coefficient (Wildman–Crippen LogP) is 5.83. The highest BCUT2D eigenvalue weighted by molar-refractivity contribution is 5.39. The summed E-state index contributed by atoms with van der Waals surface area (Å²) in [6.45, 7) is 4.70. The fourth-order valence-electron chi connectivity index (χ4n) is 4.04. The van der Waals surface area contributed by atoms with Gasteiger partial charge in [0.2, 0.25) is 0 Å². The second-order valence-corrected chi connectivity index (χ2v) is 8.11. The number of ether oxygens (including phenoxy) is 3. The SMILES string of the molecule is C=CCCC1CCC(C2COC(C#Cc3ccc(OC(F)C(F)(F)F)cc3)CO2)CC1. The van der Waals surface area contributed by atoms with Crippen molar-refractivity contribution in [1.82, 2.24) is 0 Å². The molecular formula is C24H28F4O3. The van der Waals surface area contributed by atoms with Gasteiger partial charge in [-0.25, -0.2) is 0 Å². The van der Waals surface area contributed by atoms with Gasteiger partial charge in [0.15, 0.2) is 0 Å². The van der Waals surface area contributed by atoms with Crippen LogP contribution in [0, 0.1) is 23.7 Å². The number of hydrogen-bond acceptors (Lipinski definition) is 3. The van der Waals surface area contributed by atoms with Gasteiger partial charge in [-0.3, -0.25) is 0 Å². The average Bonchev–Trinajstić information content (AvgIpc) is 2.77. The lowest BCUT2D eigenvalue weighted by atomic mass is 9.77. The molecule has 3 atom stereocenters. The molecule has 1 saturated carbocycles. The maximum atomic E-state index is 12.9. The lowest BCUT2D eigenvalue weighted by Gasteiger charge is -2.36. The molecule has 0 N–H and O–H groups in total. The molecule has 0 radical (unpaired) electrons. The number of allylic oxidation sites excluding steroid dienone is 1. The van der Waals surface area contributed by atoms with Crippen molar-refractivity contribution in [2.24, 2.45) is 11.8 Å². The molecule has 2 aliphatic rings. The van der Waals surface area contributed by atoms with Crippen molar-refractivity contribution in [2.75, 3.05) is 13.2 Å². The smallest absolute Gasteiger partial charge is 0.452 e. The zero-order valence-electron chi connectivity index (χ0n) is 17.4. The van der Waals surface area contributed by atoms with Gasteiger partial charge < -0.3 is 14.2 Å². The number of alkyl halides is 4. The monoisotopic (exact) mass is 440 g/mol. The highest BCUT2D eigenvalue weighted by Gasteiger charge is 2.42. The Labute approximate surface area is 180 Å². The average molecular weight is 440 g/mol. The van der Waals surface area contributed by atoms with E-state index in [1.54, 1.807) is 0 Å². The van der Waals surface area contributed by atoms with E-state index in [1.165, 1.54) is 43.5 Å². The maximum Gasteiger partial charge on any atom is 0.457 e. The van der Waals surface area contributed by atoms with Gasteiger partial charge in [-0.05, 0) is 61.8 Å². The molecule has 3 rings (SSSR count). The third-order valence-electron chi connectivity index (χ3n) is 5.85. The zero-order chi connectivity index (χ0) is 22.3. The molecule has 1 aromatic rings. The Hall–Kier alpha value is -2.04. The van der Waals surface area contributed by atoms with E-state index in [0.29, 0.717) is 24.7 Å². The molecule has 1 aromatic carbocycles. The summed E-state index contributed by atoms with van der Waals surface area (Å²) in [6, 6.07) is 5.45. The Kier molecular flexibility index (Phi) is 8.39. The molecule has 0 spiro atoms. The Balaban J connectivity index is 1.42. The summed E-state index contributed by atoms with van der Waals surface area (Å²) in [6.07, 6.45) is 0.420. The van der Waals surface area contributed by atoms with E-state index < -0.39 is 12.5 Å². The van der Waals surface area contributed by atoms with E-state index in [1.807, 2.05) is 6.08 Å². The van der Waals surface area contributed by atoms with E-state index in [0.717, 1.165) is 25.2 Å². The fraction of sp³-hybridized carbons (Fsp3) is 0.583. The van der Waals surface area contributed by atoms with Crippen molar-refractivity contribution >= 4 is 0 Å². The van der Waals surface area contributed by atoms with Crippen molar-refractivity contribution in [2.45, 2.75) is 63.3 Å². The molecule has 1 heterocycles. The second kappa shape index (κ2) is 11.0. The van der Waals surface area contributed by atoms with E-state index >= 15 is 0 Å². The lowest BCUT2D eigenvalue weighted by Crippen LogP contribution is -2.40. The molecule has 0 aromatic heterocycles. The third kappa shape index (κ3) is 7.26. The number of rotatable bonds is 6. The summed E-state index contributed by atoms with van der Waals surface area (Å²) in [5.41, 5.74) is 0.568. The van der Waals surface area contributed by atoms with Crippen molar-refractivity contribution in [1.29, 1.82) is 0 Å². The van der Waals surface area contributed by atoms with Crippen LogP contribution in [0.4, 0.5) is 17.6 Å². The standard InChI is InChI=1S/C24H28F4O3/c1-2-3-4-17-5-10-19(11-6-17)22-16-29-21(15-30-22)14-9-18-7-12-20(13-8-18)31-23(25)24(26,27)28/h2,7-8,12-13,17,19,21-23H,1,3-6,10-11,15-16H2. The molecule has 0 bridgehead atoms. The lowest BCUT2D eigenvalue weighted by molar-refractivity contribution is -0.236. The number of benzene rings is 1. The quantitative estimate of drug-likeness (QED) is 0.316. The highest BCUT2D eigenvalue weighted by atomic mass is 19.4. The molecule has 7 heteroatoms. The second-order valence-electron chi connectivity index (χ2n) is 8.11. The normalized spacial score (nSPS) is 27.6. The maximum absolute atomic E-state index is 12.9. The first-order chi connectivity index (χ1) is 14.8. The molecule has 1 saturated heterocycles. The molecule has 170 valence electrons. The van der Waals surface area contributed by atoms with Gasteiger partial charge in [0.1, 0.15) is 11.9 Å². The minimum absolute atomic E-state index is 0.108. The van der Waals surface area contributed by atoms with E-state index in [2.05, 4.69) is 23.2 Å². The Morgan fingerprint density at radius 3 is 2.39 bits per heavy atom. The Morgan fingerprint density at radius 1 is 1.10 bits per heavy atom. The first kappa shape index (κ1) is 23.6. The molecule has 31 heavy (non-hydrogen) atoms. The van der Waals surface area contributed by atoms with Gasteiger partial charge in [-0.1, -0.05) is 30.8 Å². The minimum Gasteiger partial charge on any atom is -0.452 e. The summed E-state index contributed by atoms with van der Waals surface area (Å²) < 4.78 is 65.6. The first-order valence-corrected chi connectivity index (χ1v) is 10.7. The molecule has 3 nitrogen and oxygen atoms in total. The summed E-state index contributed by atoms with van der Waals surface area (Å²) in [5, 5.41) is 0. The molecule has 2 fully saturated rings. The first-order valence-electron chi connectivity index (χ1n) is 10.7. The van der Waals surface area contributed by atoms with Crippen LogP contribution in [0.1, 0.15) is 44.1 Å². The van der Waals surface area contributed by atoms with Gasteiger partial charge >= 0.3 is 12.5 Å². The number of halogens is 4. The fourth-order valence-corrected chi connectivity index (χ4v) is 4.04. The molecule has 3 unspecified atom stereocenters. The van der Waals surface area contributed by atoms with Crippen molar-refractivity contribution in [3.8, 4) is 17.6 Å². The van der Waals surface area contributed by atoms with Gasteiger partial charge in [-0.15, -0.1) is 6.58 Å². The summed E-state index contributed by atoms with van der Waals surface area (Å²) in [7, 11) is 0. The third-order valence-corrected chi connectivity index (χ3v) is 5.85. The van der Waals surface area contributed by atoms with Crippen LogP contribution in [0.3, 0.4) is 0 Å². The summed E-state index contributed by atoms with van der Waals surface area (Å²) in [5.74, 6) is 6.99. The molecule has 1 aliphatic carbocycles. The van der Waals surface area contributed by atoms with Gasteiger partial charge in [0.05, 0.1) is 19.3 Å². The van der Waals surface area contributed by atoms with Gasteiger partial charge in [0.25, 0.3) is 0 Å². The predicted molar refractivity (Wildman–Crippen MR) is 109 cm³/mol. The Morgan fingerprint density at radius 2 is 1.81 bits per heavy atom. The molecular weight excluding hydrogens is 412 g/mol.